The maximum Gasteiger partial charge on any atom is 0.260 e. The van der Waals surface area contributed by atoms with Crippen LogP contribution in [0.4, 0.5) is 17.1 Å². The number of hydrogen-bond acceptors (Lipinski definition) is 4. The fourth-order valence-electron chi connectivity index (χ4n) is 3.16. The molecule has 3 rings (SSSR count). The van der Waals surface area contributed by atoms with E-state index in [4.69, 9.17) is 17.3 Å². The smallest absolute Gasteiger partial charge is 0.260 e. The number of benzene rings is 2. The van der Waals surface area contributed by atoms with Crippen LogP contribution in [0, 0.1) is 0 Å². The van der Waals surface area contributed by atoms with Crippen molar-refractivity contribution in [2.75, 3.05) is 36.0 Å². The van der Waals surface area contributed by atoms with Gasteiger partial charge in [-0.15, -0.1) is 0 Å². The van der Waals surface area contributed by atoms with Gasteiger partial charge in [0, 0.05) is 24.7 Å². The van der Waals surface area contributed by atoms with Crippen LogP contribution in [0.25, 0.3) is 0 Å². The first kappa shape index (κ1) is 17.7. The first-order valence-electron chi connectivity index (χ1n) is 8.46. The molecule has 0 spiro atoms. The standard InChI is InChI=1S/C19H22ClN3O2/c20-14-7-8-17-18(13-14)22(10-3-9-21)16-6-2-1-5-15(16)19(25)23(17)11-4-12-24/h1-2,5-8,13,24H,3-4,9-12,21H2. The Morgan fingerprint density at radius 1 is 0.960 bits per heavy atom. The Labute approximate surface area is 152 Å². The van der Waals surface area contributed by atoms with E-state index in [-0.39, 0.29) is 12.5 Å². The van der Waals surface area contributed by atoms with Gasteiger partial charge in [0.05, 0.1) is 22.6 Å². The number of para-hydroxylation sites is 1. The maximum atomic E-state index is 13.2. The third kappa shape index (κ3) is 3.49. The molecule has 2 aromatic rings. The van der Waals surface area contributed by atoms with Crippen molar-refractivity contribution in [2.45, 2.75) is 12.8 Å². The molecule has 5 nitrogen and oxygen atoms in total. The quantitative estimate of drug-likeness (QED) is 0.831. The summed E-state index contributed by atoms with van der Waals surface area (Å²) in [6.07, 6.45) is 1.31. The van der Waals surface area contributed by atoms with Crippen molar-refractivity contribution in [3.8, 4) is 0 Å². The van der Waals surface area contributed by atoms with Crippen molar-refractivity contribution < 1.29 is 9.90 Å². The second-order valence-corrected chi connectivity index (χ2v) is 6.41. The topological polar surface area (TPSA) is 69.8 Å². The highest BCUT2D eigenvalue weighted by Crippen LogP contribution is 2.42. The van der Waals surface area contributed by atoms with Crippen molar-refractivity contribution in [2.24, 2.45) is 5.73 Å². The second-order valence-electron chi connectivity index (χ2n) is 5.98. The molecule has 1 aliphatic rings. The van der Waals surface area contributed by atoms with E-state index >= 15 is 0 Å². The Balaban J connectivity index is 2.19. The minimum absolute atomic E-state index is 0.0330. The molecule has 0 unspecified atom stereocenters. The highest BCUT2D eigenvalue weighted by atomic mass is 35.5. The maximum absolute atomic E-state index is 13.2. The number of aliphatic hydroxyl groups excluding tert-OH is 1. The van der Waals surface area contributed by atoms with Crippen LogP contribution >= 0.6 is 11.6 Å². The molecule has 0 atom stereocenters. The van der Waals surface area contributed by atoms with Gasteiger partial charge in [-0.3, -0.25) is 4.79 Å². The third-order valence-electron chi connectivity index (χ3n) is 4.32. The van der Waals surface area contributed by atoms with Crippen LogP contribution in [0.3, 0.4) is 0 Å². The molecule has 1 amide bonds. The molecule has 6 heteroatoms. The minimum Gasteiger partial charge on any atom is -0.396 e. The van der Waals surface area contributed by atoms with Crippen LogP contribution in [-0.2, 0) is 0 Å². The Morgan fingerprint density at radius 3 is 2.48 bits per heavy atom. The lowest BCUT2D eigenvalue weighted by atomic mass is 10.1. The van der Waals surface area contributed by atoms with Crippen LogP contribution in [-0.4, -0.2) is 37.3 Å². The number of fused-ring (bicyclic) bond motifs is 2. The van der Waals surface area contributed by atoms with Crippen LogP contribution in [0.1, 0.15) is 23.2 Å². The zero-order chi connectivity index (χ0) is 17.8. The van der Waals surface area contributed by atoms with Gasteiger partial charge in [0.15, 0.2) is 0 Å². The van der Waals surface area contributed by atoms with Crippen LogP contribution in [0.5, 0.6) is 0 Å². The first-order valence-corrected chi connectivity index (χ1v) is 8.84. The predicted molar refractivity (Wildman–Crippen MR) is 102 cm³/mol. The van der Waals surface area contributed by atoms with E-state index in [9.17, 15) is 9.90 Å². The van der Waals surface area contributed by atoms with E-state index in [1.54, 1.807) is 11.0 Å². The predicted octanol–water partition coefficient (Wildman–Crippen LogP) is 3.17. The van der Waals surface area contributed by atoms with Crippen molar-refractivity contribution in [1.29, 1.82) is 0 Å². The monoisotopic (exact) mass is 359 g/mol. The number of hydrogen-bond donors (Lipinski definition) is 2. The lowest BCUT2D eigenvalue weighted by molar-refractivity contribution is 0.0986. The van der Waals surface area contributed by atoms with Crippen LogP contribution in [0.2, 0.25) is 5.02 Å². The van der Waals surface area contributed by atoms with Crippen molar-refractivity contribution >= 4 is 34.6 Å². The van der Waals surface area contributed by atoms with Gasteiger partial charge in [0.2, 0.25) is 0 Å². The van der Waals surface area contributed by atoms with Gasteiger partial charge in [-0.25, -0.2) is 0 Å². The third-order valence-corrected chi connectivity index (χ3v) is 4.55. The molecule has 3 N–H and O–H groups in total. The fourth-order valence-corrected chi connectivity index (χ4v) is 3.32. The van der Waals surface area contributed by atoms with Gasteiger partial charge < -0.3 is 20.6 Å². The van der Waals surface area contributed by atoms with E-state index in [1.165, 1.54) is 0 Å². The fraction of sp³-hybridized carbons (Fsp3) is 0.316. The zero-order valence-electron chi connectivity index (χ0n) is 14.0. The highest BCUT2D eigenvalue weighted by molar-refractivity contribution is 6.31. The number of carbonyl (C=O) groups is 1. The number of nitrogens with two attached hydrogens (primary N) is 1. The zero-order valence-corrected chi connectivity index (χ0v) is 14.7. The van der Waals surface area contributed by atoms with Gasteiger partial charge >= 0.3 is 0 Å². The number of amides is 1. The average Bonchev–Trinajstić information content (AvgIpc) is 2.72. The van der Waals surface area contributed by atoms with Gasteiger partial charge in [-0.2, -0.15) is 0 Å². The summed E-state index contributed by atoms with van der Waals surface area (Å²) in [7, 11) is 0. The molecule has 0 radical (unpaired) electrons. The summed E-state index contributed by atoms with van der Waals surface area (Å²) >= 11 is 6.25. The normalized spacial score (nSPS) is 13.5. The Morgan fingerprint density at radius 2 is 1.72 bits per heavy atom. The van der Waals surface area contributed by atoms with E-state index in [0.29, 0.717) is 36.6 Å². The molecule has 0 fully saturated rings. The van der Waals surface area contributed by atoms with Crippen LogP contribution in [0.15, 0.2) is 42.5 Å². The molecule has 25 heavy (non-hydrogen) atoms. The number of rotatable bonds is 6. The van der Waals surface area contributed by atoms with E-state index in [0.717, 1.165) is 23.5 Å². The first-order chi connectivity index (χ1) is 12.2. The average molecular weight is 360 g/mol. The molecule has 2 aromatic carbocycles. The summed E-state index contributed by atoms with van der Waals surface area (Å²) in [5.41, 5.74) is 8.91. The lowest BCUT2D eigenvalue weighted by Gasteiger charge is -2.27. The molecule has 0 aliphatic carbocycles. The summed E-state index contributed by atoms with van der Waals surface area (Å²) in [4.78, 5) is 17.0. The Bertz CT molecular complexity index is 766. The molecule has 132 valence electrons. The van der Waals surface area contributed by atoms with E-state index in [1.807, 2.05) is 36.4 Å². The largest absolute Gasteiger partial charge is 0.396 e. The molecular weight excluding hydrogens is 338 g/mol. The van der Waals surface area contributed by atoms with Crippen LogP contribution < -0.4 is 15.5 Å². The summed E-state index contributed by atoms with van der Waals surface area (Å²) in [5, 5.41) is 9.84. The van der Waals surface area contributed by atoms with Gasteiger partial charge in [0.25, 0.3) is 5.91 Å². The number of carbonyl (C=O) groups excluding carboxylic acids is 1. The molecule has 0 aromatic heterocycles. The number of nitrogens with zero attached hydrogens (tertiary/aromatic N) is 2. The SMILES string of the molecule is NCCCN1c2ccccc2C(=O)N(CCCO)c2ccc(Cl)cc21. The number of halogens is 1. The van der Waals surface area contributed by atoms with Gasteiger partial charge in [-0.05, 0) is 49.7 Å². The molecule has 1 heterocycles. The summed E-state index contributed by atoms with van der Waals surface area (Å²) in [6.45, 7) is 1.74. The number of aliphatic hydroxyl groups is 1. The van der Waals surface area contributed by atoms with Crippen molar-refractivity contribution in [3.05, 3.63) is 53.1 Å². The van der Waals surface area contributed by atoms with Gasteiger partial charge in [-0.1, -0.05) is 23.7 Å². The minimum atomic E-state index is -0.0668. The lowest BCUT2D eigenvalue weighted by Crippen LogP contribution is -2.31. The summed E-state index contributed by atoms with van der Waals surface area (Å²) < 4.78 is 0. The Hall–Kier alpha value is -2.08. The summed E-state index contributed by atoms with van der Waals surface area (Å²) in [6, 6.07) is 13.1. The van der Waals surface area contributed by atoms with Crippen molar-refractivity contribution in [1.82, 2.24) is 0 Å². The molecule has 0 saturated heterocycles. The summed E-state index contributed by atoms with van der Waals surface area (Å²) in [5.74, 6) is -0.0668. The van der Waals surface area contributed by atoms with E-state index < -0.39 is 0 Å². The second kappa shape index (κ2) is 7.87. The highest BCUT2D eigenvalue weighted by Gasteiger charge is 2.30. The molecule has 0 bridgehead atoms. The van der Waals surface area contributed by atoms with E-state index in [2.05, 4.69) is 4.90 Å². The van der Waals surface area contributed by atoms with Gasteiger partial charge in [0.1, 0.15) is 0 Å². The number of anilines is 3. The molecular formula is C19H22ClN3O2. The molecule has 1 aliphatic heterocycles. The molecule has 0 saturated carbocycles. The van der Waals surface area contributed by atoms with Crippen molar-refractivity contribution in [3.63, 3.8) is 0 Å². The Kier molecular flexibility index (Phi) is 5.58.